The molecule has 0 aliphatic carbocycles. The number of hydrogen-bond acceptors (Lipinski definition) is 2. The number of aliphatic imine (C=N–C) groups is 1. The van der Waals surface area contributed by atoms with Crippen molar-refractivity contribution < 1.29 is 4.74 Å². The zero-order chi connectivity index (χ0) is 7.28. The van der Waals surface area contributed by atoms with Gasteiger partial charge >= 0.3 is 0 Å². The van der Waals surface area contributed by atoms with Crippen LogP contribution in [0.2, 0.25) is 0 Å². The Hall–Kier alpha value is -1.05. The third-order valence-electron chi connectivity index (χ3n) is 0.971. The number of hydrogen-bond donors (Lipinski definition) is 0. The predicted molar refractivity (Wildman–Crippen MR) is 39.5 cm³/mol. The lowest BCUT2D eigenvalue weighted by molar-refractivity contribution is 0.302. The van der Waals surface area contributed by atoms with Gasteiger partial charge < -0.3 is 4.74 Å². The molecule has 0 radical (unpaired) electrons. The summed E-state index contributed by atoms with van der Waals surface area (Å²) in [6.45, 7) is 8.77. The first-order chi connectivity index (χ1) is 4.22. The molecule has 0 unspecified atom stereocenters. The molecule has 2 nitrogen and oxygen atoms in total. The van der Waals surface area contributed by atoms with E-state index in [0.29, 0.717) is 5.76 Å². The molecule has 2 heteroatoms. The van der Waals surface area contributed by atoms with E-state index in [1.165, 1.54) is 0 Å². The van der Waals surface area contributed by atoms with Crippen LogP contribution in [-0.4, -0.2) is 13.8 Å². The van der Waals surface area contributed by atoms with Crippen molar-refractivity contribution in [1.82, 2.24) is 0 Å². The van der Waals surface area contributed by atoms with Crippen LogP contribution in [0.4, 0.5) is 0 Å². The quantitative estimate of drug-likeness (QED) is 0.320. The molecule has 0 aromatic rings. The topological polar surface area (TPSA) is 21.6 Å². The van der Waals surface area contributed by atoms with E-state index in [-0.39, 0.29) is 0 Å². The molecular weight excluding hydrogens is 114 g/mol. The predicted octanol–water partition coefficient (Wildman–Crippen LogP) is 1.75. The van der Waals surface area contributed by atoms with Crippen LogP contribution >= 0.6 is 0 Å². The molecule has 0 N–H and O–H groups in total. The van der Waals surface area contributed by atoms with E-state index in [4.69, 9.17) is 4.74 Å². The van der Waals surface area contributed by atoms with E-state index < -0.39 is 0 Å². The van der Waals surface area contributed by atoms with E-state index in [9.17, 15) is 0 Å². The Morgan fingerprint density at radius 3 is 2.56 bits per heavy atom. The molecule has 0 atom stereocenters. The molecule has 0 spiro atoms. The minimum Gasteiger partial charge on any atom is -0.497 e. The fourth-order valence-electron chi connectivity index (χ4n) is 0.370. The molecule has 0 heterocycles. The molecule has 0 saturated heterocycles. The van der Waals surface area contributed by atoms with Gasteiger partial charge in [-0.3, -0.25) is 4.99 Å². The fourth-order valence-corrected chi connectivity index (χ4v) is 0.370. The Balaban J connectivity index is 4.01. The zero-order valence-corrected chi connectivity index (χ0v) is 5.85. The number of rotatable bonds is 3. The van der Waals surface area contributed by atoms with Crippen molar-refractivity contribution in [3.8, 4) is 0 Å². The van der Waals surface area contributed by atoms with Gasteiger partial charge in [0.25, 0.3) is 0 Å². The second kappa shape index (κ2) is 3.89. The van der Waals surface area contributed by atoms with Crippen LogP contribution in [0.3, 0.4) is 0 Å². The molecule has 0 saturated carbocycles. The molecule has 0 rings (SSSR count). The molecular formula is C7H11NO. The highest BCUT2D eigenvalue weighted by Crippen LogP contribution is 2.05. The van der Waals surface area contributed by atoms with Crippen molar-refractivity contribution in [3.05, 3.63) is 24.1 Å². The van der Waals surface area contributed by atoms with Crippen LogP contribution in [0.15, 0.2) is 29.1 Å². The van der Waals surface area contributed by atoms with Crippen LogP contribution < -0.4 is 0 Å². The van der Waals surface area contributed by atoms with Crippen molar-refractivity contribution in [2.24, 2.45) is 4.99 Å². The minimum atomic E-state index is 0.627. The fraction of sp³-hybridized carbons (Fsp3) is 0.286. The Bertz CT molecular complexity index is 147. The molecule has 9 heavy (non-hydrogen) atoms. The van der Waals surface area contributed by atoms with Crippen LogP contribution in [0.5, 0.6) is 0 Å². The second-order valence-corrected chi connectivity index (χ2v) is 1.62. The lowest BCUT2D eigenvalue weighted by atomic mass is 10.3. The highest BCUT2D eigenvalue weighted by atomic mass is 16.5. The molecule has 50 valence electrons. The van der Waals surface area contributed by atoms with Gasteiger partial charge in [0.05, 0.1) is 7.11 Å². The highest BCUT2D eigenvalue weighted by molar-refractivity contribution is 5.29. The summed E-state index contributed by atoms with van der Waals surface area (Å²) in [4.78, 5) is 3.55. The standard InChI is InChI=1S/C7H11NO/c1-6(5-8-3)7(2)9-4/h5H,2-3H2,1,4H3/b6-5-. The number of methoxy groups -OCH3 is 1. The minimum absolute atomic E-state index is 0.627. The molecule has 0 aliphatic heterocycles. The average Bonchev–Trinajstić information content (AvgIpc) is 1.87. The van der Waals surface area contributed by atoms with E-state index in [0.717, 1.165) is 5.57 Å². The van der Waals surface area contributed by atoms with Gasteiger partial charge in [-0.05, 0) is 13.6 Å². The monoisotopic (exact) mass is 125 g/mol. The summed E-state index contributed by atoms with van der Waals surface area (Å²) in [7, 11) is 1.57. The first kappa shape index (κ1) is 7.95. The smallest absolute Gasteiger partial charge is 0.116 e. The van der Waals surface area contributed by atoms with Crippen molar-refractivity contribution in [1.29, 1.82) is 0 Å². The number of nitrogens with zero attached hydrogens (tertiary/aromatic N) is 1. The number of ether oxygens (including phenoxy) is 1. The van der Waals surface area contributed by atoms with Gasteiger partial charge in [-0.1, -0.05) is 6.58 Å². The summed E-state index contributed by atoms with van der Waals surface area (Å²) in [5.41, 5.74) is 0.896. The number of allylic oxidation sites excluding steroid dienone is 1. The van der Waals surface area contributed by atoms with Crippen molar-refractivity contribution in [2.45, 2.75) is 6.92 Å². The van der Waals surface area contributed by atoms with E-state index in [1.54, 1.807) is 13.3 Å². The lowest BCUT2D eigenvalue weighted by Crippen LogP contribution is -1.84. The highest BCUT2D eigenvalue weighted by Gasteiger charge is 1.91. The Labute approximate surface area is 55.6 Å². The molecule has 0 fully saturated rings. The molecule has 0 bridgehead atoms. The summed E-state index contributed by atoms with van der Waals surface area (Å²) in [6.07, 6.45) is 1.60. The maximum Gasteiger partial charge on any atom is 0.116 e. The molecule has 0 aliphatic rings. The third kappa shape index (κ3) is 2.69. The van der Waals surface area contributed by atoms with E-state index >= 15 is 0 Å². The van der Waals surface area contributed by atoms with Crippen LogP contribution in [-0.2, 0) is 4.74 Å². The molecule has 0 aromatic carbocycles. The van der Waals surface area contributed by atoms with Gasteiger partial charge in [0, 0.05) is 11.8 Å². The SMILES string of the molecule is C=N/C=C(/C)C(=C)OC. The first-order valence-corrected chi connectivity index (χ1v) is 2.58. The maximum atomic E-state index is 4.81. The van der Waals surface area contributed by atoms with E-state index in [2.05, 4.69) is 18.3 Å². The average molecular weight is 125 g/mol. The van der Waals surface area contributed by atoms with Crippen molar-refractivity contribution in [3.63, 3.8) is 0 Å². The normalized spacial score (nSPS) is 10.7. The summed E-state index contributed by atoms with van der Waals surface area (Å²) < 4.78 is 4.81. The van der Waals surface area contributed by atoms with Gasteiger partial charge in [-0.2, -0.15) is 0 Å². The van der Waals surface area contributed by atoms with Crippen LogP contribution in [0, 0.1) is 0 Å². The summed E-state index contributed by atoms with van der Waals surface area (Å²) >= 11 is 0. The zero-order valence-electron chi connectivity index (χ0n) is 5.85. The summed E-state index contributed by atoms with van der Waals surface area (Å²) in [6, 6.07) is 0. The third-order valence-corrected chi connectivity index (χ3v) is 0.971. The Kier molecular flexibility index (Phi) is 3.44. The van der Waals surface area contributed by atoms with Gasteiger partial charge in [0.1, 0.15) is 5.76 Å². The molecule has 0 amide bonds. The Morgan fingerprint density at radius 1 is 1.67 bits per heavy atom. The van der Waals surface area contributed by atoms with Crippen LogP contribution in [0.1, 0.15) is 6.92 Å². The molecule has 0 aromatic heterocycles. The summed E-state index contributed by atoms with van der Waals surface area (Å²) in [5, 5.41) is 0. The Morgan fingerprint density at radius 2 is 2.22 bits per heavy atom. The van der Waals surface area contributed by atoms with Gasteiger partial charge in [-0.15, -0.1) is 0 Å². The lowest BCUT2D eigenvalue weighted by Gasteiger charge is -2.00. The maximum absolute atomic E-state index is 4.81. The van der Waals surface area contributed by atoms with Gasteiger partial charge in [0.15, 0.2) is 0 Å². The van der Waals surface area contributed by atoms with Crippen molar-refractivity contribution >= 4 is 6.72 Å². The van der Waals surface area contributed by atoms with Crippen molar-refractivity contribution in [2.75, 3.05) is 7.11 Å². The van der Waals surface area contributed by atoms with E-state index in [1.807, 2.05) is 6.92 Å². The second-order valence-electron chi connectivity index (χ2n) is 1.62. The first-order valence-electron chi connectivity index (χ1n) is 2.58. The van der Waals surface area contributed by atoms with Gasteiger partial charge in [0.2, 0.25) is 0 Å². The van der Waals surface area contributed by atoms with Gasteiger partial charge in [-0.25, -0.2) is 0 Å². The largest absolute Gasteiger partial charge is 0.497 e. The summed E-state index contributed by atoms with van der Waals surface area (Å²) in [5.74, 6) is 0.627. The van der Waals surface area contributed by atoms with Crippen LogP contribution in [0.25, 0.3) is 0 Å².